The fourth-order valence-corrected chi connectivity index (χ4v) is 5.07. The van der Waals surface area contributed by atoms with Crippen molar-refractivity contribution in [1.82, 2.24) is 4.31 Å². The summed E-state index contributed by atoms with van der Waals surface area (Å²) in [6.07, 6.45) is -0.611. The summed E-state index contributed by atoms with van der Waals surface area (Å²) in [6.45, 7) is -0.0719. The van der Waals surface area contributed by atoms with Gasteiger partial charge in [0.2, 0.25) is 10.0 Å². The lowest BCUT2D eigenvalue weighted by Crippen LogP contribution is -2.29. The third-order valence-corrected chi connectivity index (χ3v) is 7.44. The molecule has 0 saturated carbocycles. The standard InChI is InChI=1S/C24H24N2O5S/c1-26(14-15-27)32(29,30)18-12-10-17(11-13-18)25-24(28)31-16-23-21-8-4-2-6-19(21)20-7-3-5-9-22(20)23/h2-13,23,27H,14-16H2,1H3,(H,25,28). The Morgan fingerprint density at radius 3 is 2.09 bits per heavy atom. The number of ether oxygens (including phenoxy) is 1. The Morgan fingerprint density at radius 2 is 1.53 bits per heavy atom. The first-order chi connectivity index (χ1) is 15.4. The van der Waals surface area contributed by atoms with Crippen molar-refractivity contribution in [1.29, 1.82) is 0 Å². The van der Waals surface area contributed by atoms with E-state index in [1.54, 1.807) is 0 Å². The summed E-state index contributed by atoms with van der Waals surface area (Å²) < 4.78 is 31.4. The number of carbonyl (C=O) groups excluding carboxylic acids is 1. The highest BCUT2D eigenvalue weighted by Crippen LogP contribution is 2.44. The van der Waals surface area contributed by atoms with Crippen molar-refractivity contribution in [3.63, 3.8) is 0 Å². The van der Waals surface area contributed by atoms with Gasteiger partial charge in [-0.05, 0) is 46.5 Å². The maximum atomic E-state index is 12.4. The third-order valence-electron chi connectivity index (χ3n) is 5.57. The van der Waals surface area contributed by atoms with E-state index in [0.29, 0.717) is 5.69 Å². The van der Waals surface area contributed by atoms with Gasteiger partial charge < -0.3 is 9.84 Å². The molecule has 0 spiro atoms. The number of nitrogens with one attached hydrogen (secondary N) is 1. The molecule has 8 heteroatoms. The summed E-state index contributed by atoms with van der Waals surface area (Å²) in [4.78, 5) is 12.5. The molecule has 0 aromatic heterocycles. The molecular weight excluding hydrogens is 428 g/mol. The highest BCUT2D eigenvalue weighted by molar-refractivity contribution is 7.89. The van der Waals surface area contributed by atoms with Gasteiger partial charge >= 0.3 is 6.09 Å². The number of likely N-dealkylation sites (N-methyl/N-ethyl adjacent to an activating group) is 1. The Hall–Kier alpha value is -3.20. The van der Waals surface area contributed by atoms with Crippen LogP contribution in [-0.4, -0.2) is 50.7 Å². The predicted octanol–water partition coefficient (Wildman–Crippen LogP) is 3.66. The van der Waals surface area contributed by atoms with Crippen molar-refractivity contribution in [2.24, 2.45) is 0 Å². The molecule has 0 bridgehead atoms. The first-order valence-corrected chi connectivity index (χ1v) is 11.6. The van der Waals surface area contributed by atoms with E-state index in [2.05, 4.69) is 17.4 Å². The summed E-state index contributed by atoms with van der Waals surface area (Å²) in [5, 5.41) is 11.6. The number of benzene rings is 3. The maximum absolute atomic E-state index is 12.4. The van der Waals surface area contributed by atoms with Gasteiger partial charge in [0.15, 0.2) is 0 Å². The van der Waals surface area contributed by atoms with E-state index in [0.717, 1.165) is 26.6 Å². The normalized spacial score (nSPS) is 13.0. The average Bonchev–Trinajstić information content (AvgIpc) is 3.12. The van der Waals surface area contributed by atoms with Gasteiger partial charge in [-0.25, -0.2) is 13.2 Å². The van der Waals surface area contributed by atoms with Crippen LogP contribution in [0.4, 0.5) is 10.5 Å². The second kappa shape index (κ2) is 9.12. The molecule has 0 heterocycles. The molecule has 2 N–H and O–H groups in total. The van der Waals surface area contributed by atoms with Crippen LogP contribution in [0.3, 0.4) is 0 Å². The Balaban J connectivity index is 1.41. The van der Waals surface area contributed by atoms with Gasteiger partial charge in [-0.2, -0.15) is 4.31 Å². The molecular formula is C24H24N2O5S. The third kappa shape index (κ3) is 4.25. The Morgan fingerprint density at radius 1 is 0.969 bits per heavy atom. The largest absolute Gasteiger partial charge is 0.448 e. The minimum absolute atomic E-state index is 0.00207. The smallest absolute Gasteiger partial charge is 0.411 e. The van der Waals surface area contributed by atoms with Crippen molar-refractivity contribution in [3.8, 4) is 11.1 Å². The number of hydrogen-bond donors (Lipinski definition) is 2. The topological polar surface area (TPSA) is 95.9 Å². The number of anilines is 1. The Kier molecular flexibility index (Phi) is 6.27. The number of aliphatic hydroxyl groups excluding tert-OH is 1. The van der Waals surface area contributed by atoms with E-state index in [1.165, 1.54) is 31.3 Å². The zero-order valence-electron chi connectivity index (χ0n) is 17.6. The van der Waals surface area contributed by atoms with E-state index in [4.69, 9.17) is 9.84 Å². The van der Waals surface area contributed by atoms with Crippen LogP contribution in [0.5, 0.6) is 0 Å². The van der Waals surface area contributed by atoms with Crippen LogP contribution in [-0.2, 0) is 14.8 Å². The molecule has 3 aromatic rings. The van der Waals surface area contributed by atoms with Crippen molar-refractivity contribution in [3.05, 3.63) is 83.9 Å². The molecule has 3 aromatic carbocycles. The molecule has 166 valence electrons. The van der Waals surface area contributed by atoms with Crippen molar-refractivity contribution < 1.29 is 23.1 Å². The van der Waals surface area contributed by atoms with Crippen LogP contribution < -0.4 is 5.32 Å². The number of aliphatic hydroxyl groups is 1. The molecule has 1 aliphatic carbocycles. The fraction of sp³-hybridized carbons (Fsp3) is 0.208. The number of carbonyl (C=O) groups is 1. The summed E-state index contributed by atoms with van der Waals surface area (Å²) in [6, 6.07) is 22.0. The van der Waals surface area contributed by atoms with Crippen molar-refractivity contribution >= 4 is 21.8 Å². The first-order valence-electron chi connectivity index (χ1n) is 10.2. The van der Waals surface area contributed by atoms with E-state index < -0.39 is 16.1 Å². The molecule has 0 unspecified atom stereocenters. The zero-order valence-corrected chi connectivity index (χ0v) is 18.4. The minimum Gasteiger partial charge on any atom is -0.448 e. The highest BCUT2D eigenvalue weighted by atomic mass is 32.2. The molecule has 0 saturated heterocycles. The van der Waals surface area contributed by atoms with Crippen LogP contribution in [0.1, 0.15) is 17.0 Å². The summed E-state index contributed by atoms with van der Waals surface area (Å²) in [7, 11) is -2.30. The van der Waals surface area contributed by atoms with Crippen molar-refractivity contribution in [2.45, 2.75) is 10.8 Å². The van der Waals surface area contributed by atoms with E-state index >= 15 is 0 Å². The van der Waals surface area contributed by atoms with Crippen LogP contribution in [0.25, 0.3) is 11.1 Å². The van der Waals surface area contributed by atoms with Gasteiger partial charge in [0.05, 0.1) is 11.5 Å². The van der Waals surface area contributed by atoms with Gasteiger partial charge in [0.25, 0.3) is 0 Å². The molecule has 1 aliphatic rings. The number of sulfonamides is 1. The van der Waals surface area contributed by atoms with E-state index in [-0.39, 0.29) is 30.6 Å². The number of rotatable bonds is 7. The second-order valence-corrected chi connectivity index (χ2v) is 9.57. The van der Waals surface area contributed by atoms with Gasteiger partial charge in [0.1, 0.15) is 6.61 Å². The van der Waals surface area contributed by atoms with Crippen LogP contribution in [0.15, 0.2) is 77.7 Å². The molecule has 32 heavy (non-hydrogen) atoms. The lowest BCUT2D eigenvalue weighted by Gasteiger charge is -2.16. The monoisotopic (exact) mass is 452 g/mol. The maximum Gasteiger partial charge on any atom is 0.411 e. The highest BCUT2D eigenvalue weighted by Gasteiger charge is 2.29. The summed E-state index contributed by atoms with van der Waals surface area (Å²) >= 11 is 0. The number of hydrogen-bond acceptors (Lipinski definition) is 5. The molecule has 4 rings (SSSR count). The molecule has 0 aliphatic heterocycles. The number of fused-ring (bicyclic) bond motifs is 3. The molecule has 0 atom stereocenters. The SMILES string of the molecule is CN(CCO)S(=O)(=O)c1ccc(NC(=O)OCC2c3ccccc3-c3ccccc32)cc1. The van der Waals surface area contributed by atoms with Gasteiger partial charge in [-0.3, -0.25) is 5.32 Å². The van der Waals surface area contributed by atoms with Gasteiger partial charge in [-0.15, -0.1) is 0 Å². The van der Waals surface area contributed by atoms with Crippen LogP contribution in [0, 0.1) is 0 Å². The Bertz CT molecular complexity index is 1180. The molecule has 1 amide bonds. The quantitative estimate of drug-likeness (QED) is 0.570. The van der Waals surface area contributed by atoms with Crippen LogP contribution >= 0.6 is 0 Å². The Labute approximate surface area is 187 Å². The number of nitrogens with zero attached hydrogens (tertiary/aromatic N) is 1. The lowest BCUT2D eigenvalue weighted by molar-refractivity contribution is 0.158. The van der Waals surface area contributed by atoms with E-state index in [1.807, 2.05) is 36.4 Å². The summed E-state index contributed by atoms with van der Waals surface area (Å²) in [5.41, 5.74) is 4.98. The van der Waals surface area contributed by atoms with E-state index in [9.17, 15) is 13.2 Å². The second-order valence-electron chi connectivity index (χ2n) is 7.53. The number of amides is 1. The minimum atomic E-state index is -3.70. The molecule has 7 nitrogen and oxygen atoms in total. The van der Waals surface area contributed by atoms with Gasteiger partial charge in [-0.1, -0.05) is 48.5 Å². The average molecular weight is 453 g/mol. The summed E-state index contributed by atoms with van der Waals surface area (Å²) in [5.74, 6) is -0.0391. The fourth-order valence-electron chi connectivity index (χ4n) is 3.90. The van der Waals surface area contributed by atoms with Crippen LogP contribution in [0.2, 0.25) is 0 Å². The zero-order chi connectivity index (χ0) is 22.7. The first kappa shape index (κ1) is 22.0. The van der Waals surface area contributed by atoms with Gasteiger partial charge in [0, 0.05) is 25.2 Å². The molecule has 0 radical (unpaired) electrons. The molecule has 0 fully saturated rings. The lowest BCUT2D eigenvalue weighted by atomic mass is 9.98. The van der Waals surface area contributed by atoms with Crippen molar-refractivity contribution in [2.75, 3.05) is 32.1 Å². The predicted molar refractivity (Wildman–Crippen MR) is 122 cm³/mol.